The fourth-order valence-corrected chi connectivity index (χ4v) is 2.13. The fourth-order valence-electron chi connectivity index (χ4n) is 2.13. The molecule has 0 spiro atoms. The molecule has 2 rings (SSSR count). The van der Waals surface area contributed by atoms with Crippen LogP contribution in [0.5, 0.6) is 5.75 Å². The lowest BCUT2D eigenvalue weighted by molar-refractivity contribution is -0.119. The molecular weight excluding hydrogens is 304 g/mol. The topological polar surface area (TPSA) is 58.6 Å². The second kappa shape index (κ2) is 8.72. The van der Waals surface area contributed by atoms with E-state index in [1.165, 1.54) is 6.92 Å². The summed E-state index contributed by atoms with van der Waals surface area (Å²) in [5, 5.41) is 2.73. The van der Waals surface area contributed by atoms with Gasteiger partial charge in [-0.25, -0.2) is 0 Å². The normalized spacial score (nSPS) is 10.1. The first-order chi connectivity index (χ1) is 11.6. The third kappa shape index (κ3) is 5.43. The molecule has 0 unspecified atom stereocenters. The molecule has 0 fully saturated rings. The number of carbonyl (C=O) groups is 2. The summed E-state index contributed by atoms with van der Waals surface area (Å²) in [6, 6.07) is 16.7. The van der Waals surface area contributed by atoms with Gasteiger partial charge in [-0.1, -0.05) is 30.3 Å². The van der Waals surface area contributed by atoms with Gasteiger partial charge in [-0.05, 0) is 29.8 Å². The van der Waals surface area contributed by atoms with Gasteiger partial charge in [-0.3, -0.25) is 9.59 Å². The van der Waals surface area contributed by atoms with Crippen LogP contribution in [0.2, 0.25) is 0 Å². The number of nitrogens with one attached hydrogen (secondary N) is 1. The van der Waals surface area contributed by atoms with Gasteiger partial charge in [0.05, 0.1) is 6.54 Å². The van der Waals surface area contributed by atoms with Crippen LogP contribution >= 0.6 is 0 Å². The Morgan fingerprint density at radius 2 is 1.71 bits per heavy atom. The molecule has 0 aliphatic carbocycles. The molecule has 0 aliphatic rings. The maximum Gasteiger partial charge on any atom is 0.253 e. The van der Waals surface area contributed by atoms with Gasteiger partial charge in [0.2, 0.25) is 5.91 Å². The van der Waals surface area contributed by atoms with Crippen LogP contribution in [0.25, 0.3) is 0 Å². The highest BCUT2D eigenvalue weighted by Crippen LogP contribution is 2.09. The zero-order valence-electron chi connectivity index (χ0n) is 14.0. The highest BCUT2D eigenvalue weighted by molar-refractivity contribution is 5.94. The van der Waals surface area contributed by atoms with Crippen molar-refractivity contribution in [2.75, 3.05) is 20.2 Å². The first kappa shape index (κ1) is 17.5. The lowest BCUT2D eigenvalue weighted by Crippen LogP contribution is -2.30. The van der Waals surface area contributed by atoms with E-state index in [0.717, 1.165) is 11.3 Å². The maximum absolute atomic E-state index is 12.4. The molecule has 5 nitrogen and oxygen atoms in total. The van der Waals surface area contributed by atoms with E-state index in [0.29, 0.717) is 25.3 Å². The largest absolute Gasteiger partial charge is 0.492 e. The standard InChI is InChI=1S/C19H22N2O3/c1-15(22)20-14-16-8-10-17(11-9-16)19(23)21(2)12-13-24-18-6-4-3-5-7-18/h3-11H,12-14H2,1-2H3,(H,20,22). The van der Waals surface area contributed by atoms with Crippen LogP contribution in [-0.4, -0.2) is 36.9 Å². The van der Waals surface area contributed by atoms with E-state index in [-0.39, 0.29) is 11.8 Å². The Balaban J connectivity index is 1.82. The fraction of sp³-hybridized carbons (Fsp3) is 0.263. The van der Waals surface area contributed by atoms with E-state index in [2.05, 4.69) is 5.32 Å². The number of likely N-dealkylation sites (N-methyl/N-ethyl adjacent to an activating group) is 1. The van der Waals surface area contributed by atoms with Crippen molar-refractivity contribution >= 4 is 11.8 Å². The third-order valence-electron chi connectivity index (χ3n) is 3.53. The Morgan fingerprint density at radius 3 is 2.33 bits per heavy atom. The predicted octanol–water partition coefficient (Wildman–Crippen LogP) is 2.47. The zero-order chi connectivity index (χ0) is 17.4. The number of carbonyl (C=O) groups excluding carboxylic acids is 2. The number of rotatable bonds is 7. The summed E-state index contributed by atoms with van der Waals surface area (Å²) >= 11 is 0. The van der Waals surface area contributed by atoms with E-state index >= 15 is 0 Å². The number of hydrogen-bond acceptors (Lipinski definition) is 3. The minimum atomic E-state index is -0.0756. The number of benzene rings is 2. The Morgan fingerprint density at radius 1 is 1.04 bits per heavy atom. The monoisotopic (exact) mass is 326 g/mol. The molecule has 2 aromatic carbocycles. The van der Waals surface area contributed by atoms with Crippen molar-refractivity contribution in [2.24, 2.45) is 0 Å². The van der Waals surface area contributed by atoms with E-state index in [9.17, 15) is 9.59 Å². The molecule has 0 aromatic heterocycles. The van der Waals surface area contributed by atoms with Gasteiger partial charge in [0.15, 0.2) is 0 Å². The predicted molar refractivity (Wildman–Crippen MR) is 92.9 cm³/mol. The second-order valence-corrected chi connectivity index (χ2v) is 5.49. The van der Waals surface area contributed by atoms with Crippen LogP contribution in [0.3, 0.4) is 0 Å². The molecule has 5 heteroatoms. The summed E-state index contributed by atoms with van der Waals surface area (Å²) < 4.78 is 5.60. The second-order valence-electron chi connectivity index (χ2n) is 5.49. The SMILES string of the molecule is CC(=O)NCc1ccc(C(=O)N(C)CCOc2ccccc2)cc1. The lowest BCUT2D eigenvalue weighted by atomic mass is 10.1. The quantitative estimate of drug-likeness (QED) is 0.850. The van der Waals surface area contributed by atoms with Crippen molar-refractivity contribution in [3.8, 4) is 5.75 Å². The number of para-hydroxylation sites is 1. The van der Waals surface area contributed by atoms with Crippen LogP contribution < -0.4 is 10.1 Å². The van der Waals surface area contributed by atoms with Gasteiger partial charge < -0.3 is 15.0 Å². The highest BCUT2D eigenvalue weighted by Gasteiger charge is 2.11. The van der Waals surface area contributed by atoms with Crippen molar-refractivity contribution in [3.63, 3.8) is 0 Å². The summed E-state index contributed by atoms with van der Waals surface area (Å²) in [5.41, 5.74) is 1.57. The summed E-state index contributed by atoms with van der Waals surface area (Å²) in [5.74, 6) is 0.659. The van der Waals surface area contributed by atoms with Crippen LogP contribution in [0.15, 0.2) is 54.6 Å². The number of nitrogens with zero attached hydrogens (tertiary/aromatic N) is 1. The lowest BCUT2D eigenvalue weighted by Gasteiger charge is -2.17. The van der Waals surface area contributed by atoms with Gasteiger partial charge in [0.1, 0.15) is 12.4 Å². The molecule has 0 bridgehead atoms. The van der Waals surface area contributed by atoms with Crippen molar-refractivity contribution in [2.45, 2.75) is 13.5 Å². The maximum atomic E-state index is 12.4. The molecule has 0 heterocycles. The number of amides is 2. The molecule has 126 valence electrons. The molecule has 2 amide bonds. The third-order valence-corrected chi connectivity index (χ3v) is 3.53. The molecule has 0 aliphatic heterocycles. The molecule has 1 N–H and O–H groups in total. The van der Waals surface area contributed by atoms with Gasteiger partial charge in [-0.15, -0.1) is 0 Å². The Labute approximate surface area is 142 Å². The van der Waals surface area contributed by atoms with Crippen LogP contribution in [0, 0.1) is 0 Å². The summed E-state index contributed by atoms with van der Waals surface area (Å²) in [7, 11) is 1.75. The molecule has 0 radical (unpaired) electrons. The molecule has 24 heavy (non-hydrogen) atoms. The highest BCUT2D eigenvalue weighted by atomic mass is 16.5. The van der Waals surface area contributed by atoms with Crippen LogP contribution in [-0.2, 0) is 11.3 Å². The molecule has 2 aromatic rings. The molecule has 0 saturated carbocycles. The minimum absolute atomic E-state index is 0.0576. The Hall–Kier alpha value is -2.82. The van der Waals surface area contributed by atoms with Crippen LogP contribution in [0.1, 0.15) is 22.8 Å². The minimum Gasteiger partial charge on any atom is -0.492 e. The number of hydrogen-bond donors (Lipinski definition) is 1. The average molecular weight is 326 g/mol. The van der Waals surface area contributed by atoms with Gasteiger partial charge >= 0.3 is 0 Å². The van der Waals surface area contributed by atoms with Crippen molar-refractivity contribution in [3.05, 3.63) is 65.7 Å². The van der Waals surface area contributed by atoms with Gasteiger partial charge in [0, 0.05) is 26.1 Å². The Kier molecular flexibility index (Phi) is 6.37. The first-order valence-corrected chi connectivity index (χ1v) is 7.83. The molecule has 0 atom stereocenters. The van der Waals surface area contributed by atoms with E-state index in [1.54, 1.807) is 24.1 Å². The molecule has 0 saturated heterocycles. The number of ether oxygens (including phenoxy) is 1. The Bertz CT molecular complexity index is 669. The van der Waals surface area contributed by atoms with Gasteiger partial charge in [-0.2, -0.15) is 0 Å². The first-order valence-electron chi connectivity index (χ1n) is 7.83. The van der Waals surface area contributed by atoms with Crippen molar-refractivity contribution in [1.29, 1.82) is 0 Å². The van der Waals surface area contributed by atoms with Crippen molar-refractivity contribution in [1.82, 2.24) is 10.2 Å². The molecular formula is C19H22N2O3. The van der Waals surface area contributed by atoms with E-state index in [4.69, 9.17) is 4.74 Å². The summed E-state index contributed by atoms with van der Waals surface area (Å²) in [4.78, 5) is 24.9. The van der Waals surface area contributed by atoms with E-state index < -0.39 is 0 Å². The summed E-state index contributed by atoms with van der Waals surface area (Å²) in [6.07, 6.45) is 0. The smallest absolute Gasteiger partial charge is 0.253 e. The zero-order valence-corrected chi connectivity index (χ0v) is 14.0. The van der Waals surface area contributed by atoms with Crippen LogP contribution in [0.4, 0.5) is 0 Å². The summed E-state index contributed by atoms with van der Waals surface area (Å²) in [6.45, 7) is 2.88. The van der Waals surface area contributed by atoms with E-state index in [1.807, 2.05) is 42.5 Å². The van der Waals surface area contributed by atoms with Crippen molar-refractivity contribution < 1.29 is 14.3 Å². The average Bonchev–Trinajstić information content (AvgIpc) is 2.60. The van der Waals surface area contributed by atoms with Gasteiger partial charge in [0.25, 0.3) is 5.91 Å².